The van der Waals surface area contributed by atoms with Gasteiger partial charge >= 0.3 is 0 Å². The molecule has 7 heteroatoms. The number of nitriles is 1. The summed E-state index contributed by atoms with van der Waals surface area (Å²) in [6.07, 6.45) is 1.81. The summed E-state index contributed by atoms with van der Waals surface area (Å²) in [5.74, 6) is -0.276. The van der Waals surface area contributed by atoms with Gasteiger partial charge in [-0.25, -0.2) is 9.07 Å². The highest BCUT2D eigenvalue weighted by molar-refractivity contribution is 6.32. The predicted octanol–water partition coefficient (Wildman–Crippen LogP) is 5.37. The molecule has 4 rings (SSSR count). The van der Waals surface area contributed by atoms with Crippen LogP contribution in [0.4, 0.5) is 4.39 Å². The molecule has 0 atom stereocenters. The standard InChI is InChI=1S/C23H19ClFN5/c1-14-23(17-4-5-18(11-26)22(24)10-17)16(3)29(28-14)13-19-12-27-30(15(19)2)21-8-6-20(25)7-9-21/h4-10,12H,13H2,1-3H3. The van der Waals surface area contributed by atoms with Crippen LogP contribution < -0.4 is 0 Å². The maximum Gasteiger partial charge on any atom is 0.123 e. The van der Waals surface area contributed by atoms with E-state index in [2.05, 4.69) is 11.2 Å². The molecule has 0 aliphatic rings. The summed E-state index contributed by atoms with van der Waals surface area (Å²) in [4.78, 5) is 0. The molecule has 2 aromatic heterocycles. The Hall–Kier alpha value is -3.43. The number of aryl methyl sites for hydroxylation is 1. The van der Waals surface area contributed by atoms with Gasteiger partial charge in [-0.05, 0) is 62.7 Å². The van der Waals surface area contributed by atoms with E-state index in [1.807, 2.05) is 37.7 Å². The lowest BCUT2D eigenvalue weighted by Gasteiger charge is -2.08. The van der Waals surface area contributed by atoms with Crippen LogP contribution in [0.3, 0.4) is 0 Å². The minimum Gasteiger partial charge on any atom is -0.264 e. The molecule has 30 heavy (non-hydrogen) atoms. The quantitative estimate of drug-likeness (QED) is 0.446. The first-order valence-electron chi connectivity index (χ1n) is 9.42. The first-order valence-corrected chi connectivity index (χ1v) is 9.80. The Labute approximate surface area is 179 Å². The number of rotatable bonds is 4. The summed E-state index contributed by atoms with van der Waals surface area (Å²) in [6.45, 7) is 6.52. The summed E-state index contributed by atoms with van der Waals surface area (Å²) in [7, 11) is 0. The van der Waals surface area contributed by atoms with Crippen LogP contribution in [0, 0.1) is 37.9 Å². The van der Waals surface area contributed by atoms with Crippen molar-refractivity contribution in [3.8, 4) is 22.9 Å². The number of hydrogen-bond donors (Lipinski definition) is 0. The van der Waals surface area contributed by atoms with Crippen molar-refractivity contribution in [2.45, 2.75) is 27.3 Å². The lowest BCUT2D eigenvalue weighted by atomic mass is 10.0. The Balaban J connectivity index is 1.67. The van der Waals surface area contributed by atoms with Crippen molar-refractivity contribution >= 4 is 11.6 Å². The van der Waals surface area contributed by atoms with E-state index in [4.69, 9.17) is 22.0 Å². The summed E-state index contributed by atoms with van der Waals surface area (Å²) in [5, 5.41) is 18.7. The summed E-state index contributed by atoms with van der Waals surface area (Å²) < 4.78 is 17.0. The van der Waals surface area contributed by atoms with E-state index in [0.29, 0.717) is 17.1 Å². The molecular weight excluding hydrogens is 401 g/mol. The molecule has 0 aliphatic carbocycles. The van der Waals surface area contributed by atoms with Gasteiger partial charge in [-0.3, -0.25) is 4.68 Å². The highest BCUT2D eigenvalue weighted by Crippen LogP contribution is 2.31. The molecule has 0 bridgehead atoms. The molecule has 150 valence electrons. The first-order chi connectivity index (χ1) is 14.4. The topological polar surface area (TPSA) is 59.4 Å². The molecule has 0 amide bonds. The largest absolute Gasteiger partial charge is 0.264 e. The Morgan fingerprint density at radius 2 is 1.80 bits per heavy atom. The van der Waals surface area contributed by atoms with Crippen LogP contribution in [0.15, 0.2) is 48.7 Å². The highest BCUT2D eigenvalue weighted by atomic mass is 35.5. The van der Waals surface area contributed by atoms with Crippen molar-refractivity contribution in [3.63, 3.8) is 0 Å². The van der Waals surface area contributed by atoms with Crippen molar-refractivity contribution in [1.29, 1.82) is 5.26 Å². The van der Waals surface area contributed by atoms with Gasteiger partial charge in [0.05, 0.1) is 34.7 Å². The molecule has 0 fully saturated rings. The third kappa shape index (κ3) is 3.49. The average Bonchev–Trinajstić information content (AvgIpc) is 3.22. The smallest absolute Gasteiger partial charge is 0.123 e. The number of aromatic nitrogens is 4. The van der Waals surface area contributed by atoms with Gasteiger partial charge in [-0.15, -0.1) is 0 Å². The maximum atomic E-state index is 13.2. The fourth-order valence-corrected chi connectivity index (χ4v) is 3.86. The van der Waals surface area contributed by atoms with Crippen LogP contribution in [0.25, 0.3) is 16.8 Å². The molecule has 5 nitrogen and oxygen atoms in total. The van der Waals surface area contributed by atoms with Crippen molar-refractivity contribution in [2.24, 2.45) is 0 Å². The van der Waals surface area contributed by atoms with E-state index in [0.717, 1.165) is 39.5 Å². The van der Waals surface area contributed by atoms with Gasteiger partial charge in [-0.1, -0.05) is 17.7 Å². The SMILES string of the molecule is Cc1nn(Cc2cnn(-c3ccc(F)cc3)c2C)c(C)c1-c1ccc(C#N)c(Cl)c1. The van der Waals surface area contributed by atoms with Crippen LogP contribution in [-0.2, 0) is 6.54 Å². The van der Waals surface area contributed by atoms with Gasteiger partial charge in [0, 0.05) is 22.5 Å². The second-order valence-corrected chi connectivity index (χ2v) is 7.56. The summed E-state index contributed by atoms with van der Waals surface area (Å²) >= 11 is 6.23. The number of nitrogens with zero attached hydrogens (tertiary/aromatic N) is 5. The molecule has 2 aromatic carbocycles. The maximum absolute atomic E-state index is 13.2. The van der Waals surface area contributed by atoms with Gasteiger partial charge in [0.2, 0.25) is 0 Å². The molecule has 0 saturated heterocycles. The Morgan fingerprint density at radius 3 is 2.47 bits per heavy atom. The van der Waals surface area contributed by atoms with Crippen LogP contribution in [0.1, 0.15) is 28.2 Å². The van der Waals surface area contributed by atoms with Gasteiger partial charge in [0.1, 0.15) is 11.9 Å². The van der Waals surface area contributed by atoms with E-state index in [1.165, 1.54) is 12.1 Å². The van der Waals surface area contributed by atoms with E-state index >= 15 is 0 Å². The van der Waals surface area contributed by atoms with Gasteiger partial charge < -0.3 is 0 Å². The number of hydrogen-bond acceptors (Lipinski definition) is 3. The summed E-state index contributed by atoms with van der Waals surface area (Å²) in [6, 6.07) is 13.8. The zero-order chi connectivity index (χ0) is 21.4. The normalized spacial score (nSPS) is 10.9. The molecule has 0 radical (unpaired) electrons. The average molecular weight is 420 g/mol. The monoisotopic (exact) mass is 419 g/mol. The van der Waals surface area contributed by atoms with Gasteiger partial charge in [0.15, 0.2) is 0 Å². The molecule has 0 aliphatic heterocycles. The third-order valence-corrected chi connectivity index (χ3v) is 5.58. The van der Waals surface area contributed by atoms with Crippen LogP contribution in [-0.4, -0.2) is 19.6 Å². The number of benzene rings is 2. The molecule has 4 aromatic rings. The minimum atomic E-state index is -0.276. The first kappa shape index (κ1) is 19.9. The van der Waals surface area contributed by atoms with Crippen molar-refractivity contribution in [1.82, 2.24) is 19.6 Å². The van der Waals surface area contributed by atoms with Crippen molar-refractivity contribution in [3.05, 3.63) is 87.7 Å². The van der Waals surface area contributed by atoms with Crippen LogP contribution in [0.2, 0.25) is 5.02 Å². The lowest BCUT2D eigenvalue weighted by molar-refractivity contribution is 0.626. The second-order valence-electron chi connectivity index (χ2n) is 7.15. The fraction of sp³-hybridized carbons (Fsp3) is 0.174. The third-order valence-electron chi connectivity index (χ3n) is 5.26. The zero-order valence-electron chi connectivity index (χ0n) is 16.8. The molecule has 0 spiro atoms. The van der Waals surface area contributed by atoms with Crippen molar-refractivity contribution in [2.75, 3.05) is 0 Å². The van der Waals surface area contributed by atoms with Gasteiger partial charge in [-0.2, -0.15) is 15.5 Å². The number of halogens is 2. The van der Waals surface area contributed by atoms with Crippen LogP contribution in [0.5, 0.6) is 0 Å². The zero-order valence-corrected chi connectivity index (χ0v) is 17.6. The predicted molar refractivity (Wildman–Crippen MR) is 114 cm³/mol. The van der Waals surface area contributed by atoms with Gasteiger partial charge in [0.25, 0.3) is 0 Å². The molecule has 0 N–H and O–H groups in total. The van der Waals surface area contributed by atoms with Crippen LogP contribution >= 0.6 is 11.6 Å². The highest BCUT2D eigenvalue weighted by Gasteiger charge is 2.17. The van der Waals surface area contributed by atoms with E-state index in [-0.39, 0.29) is 5.82 Å². The molecule has 2 heterocycles. The molecule has 0 saturated carbocycles. The second kappa shape index (κ2) is 7.77. The molecular formula is C23H19ClFN5. The minimum absolute atomic E-state index is 0.276. The molecule has 0 unspecified atom stereocenters. The Morgan fingerprint density at radius 1 is 1.07 bits per heavy atom. The summed E-state index contributed by atoms with van der Waals surface area (Å²) in [5.41, 5.74) is 7.07. The van der Waals surface area contributed by atoms with Crippen molar-refractivity contribution < 1.29 is 4.39 Å². The fourth-order valence-electron chi connectivity index (χ4n) is 3.63. The Kier molecular flexibility index (Phi) is 5.15. The van der Waals surface area contributed by atoms with E-state index in [9.17, 15) is 4.39 Å². The lowest BCUT2D eigenvalue weighted by Crippen LogP contribution is -2.06. The van der Waals surface area contributed by atoms with E-state index in [1.54, 1.807) is 28.9 Å². The van der Waals surface area contributed by atoms with E-state index < -0.39 is 0 Å². The Bertz CT molecular complexity index is 1280.